The molecular formula is C24H20BrFN2O5. The van der Waals surface area contributed by atoms with Gasteiger partial charge in [-0.15, -0.1) is 0 Å². The van der Waals surface area contributed by atoms with Crippen LogP contribution in [0.3, 0.4) is 0 Å². The molecule has 0 bridgehead atoms. The molecule has 170 valence electrons. The van der Waals surface area contributed by atoms with Crippen molar-refractivity contribution in [1.82, 2.24) is 0 Å². The van der Waals surface area contributed by atoms with Crippen molar-refractivity contribution < 1.29 is 23.6 Å². The van der Waals surface area contributed by atoms with Gasteiger partial charge in [0.05, 0.1) is 16.5 Å². The number of nitrogens with zero attached hydrogens (tertiary/aromatic N) is 1. The number of anilines is 1. The van der Waals surface area contributed by atoms with E-state index in [1.165, 1.54) is 37.5 Å². The number of carbonyl (C=O) groups excluding carboxylic acids is 1. The van der Waals surface area contributed by atoms with Gasteiger partial charge >= 0.3 is 0 Å². The molecule has 0 saturated carbocycles. The maximum atomic E-state index is 13.9. The third-order valence-electron chi connectivity index (χ3n) is 4.69. The zero-order valence-electron chi connectivity index (χ0n) is 17.8. The summed E-state index contributed by atoms with van der Waals surface area (Å²) in [5, 5.41) is 13.5. The van der Waals surface area contributed by atoms with Crippen LogP contribution >= 0.6 is 15.9 Å². The second-order valence-electron chi connectivity index (χ2n) is 6.99. The molecule has 7 nitrogen and oxygen atoms in total. The van der Waals surface area contributed by atoms with E-state index in [-0.39, 0.29) is 18.1 Å². The molecule has 0 fully saturated rings. The van der Waals surface area contributed by atoms with Crippen LogP contribution in [0.2, 0.25) is 0 Å². The van der Waals surface area contributed by atoms with Crippen LogP contribution in [0, 0.1) is 22.9 Å². The number of nitro groups is 1. The third kappa shape index (κ3) is 6.17. The van der Waals surface area contributed by atoms with Crippen molar-refractivity contribution in [3.05, 3.63) is 97.8 Å². The molecule has 0 aliphatic heterocycles. The summed E-state index contributed by atoms with van der Waals surface area (Å²) in [6.45, 7) is 1.70. The molecule has 0 aliphatic carbocycles. The molecule has 3 aromatic carbocycles. The summed E-state index contributed by atoms with van der Waals surface area (Å²) in [7, 11) is 1.48. The number of methoxy groups -OCH3 is 1. The van der Waals surface area contributed by atoms with E-state index >= 15 is 0 Å². The van der Waals surface area contributed by atoms with Gasteiger partial charge in [0.2, 0.25) is 5.91 Å². The van der Waals surface area contributed by atoms with Gasteiger partial charge in [-0.2, -0.15) is 0 Å². The van der Waals surface area contributed by atoms with Gasteiger partial charge in [0.1, 0.15) is 12.4 Å². The largest absolute Gasteiger partial charge is 0.493 e. The van der Waals surface area contributed by atoms with Crippen molar-refractivity contribution in [3.63, 3.8) is 0 Å². The van der Waals surface area contributed by atoms with Gasteiger partial charge in [0, 0.05) is 29.5 Å². The van der Waals surface area contributed by atoms with Crippen molar-refractivity contribution in [1.29, 1.82) is 0 Å². The Morgan fingerprint density at radius 3 is 2.64 bits per heavy atom. The smallest absolute Gasteiger partial charge is 0.269 e. The maximum absolute atomic E-state index is 13.9. The van der Waals surface area contributed by atoms with Crippen LogP contribution in [0.1, 0.15) is 16.7 Å². The molecule has 0 saturated heterocycles. The fourth-order valence-electron chi connectivity index (χ4n) is 2.99. The minimum Gasteiger partial charge on any atom is -0.493 e. The van der Waals surface area contributed by atoms with Gasteiger partial charge in [-0.25, -0.2) is 4.39 Å². The highest BCUT2D eigenvalue weighted by molar-refractivity contribution is 9.10. The van der Waals surface area contributed by atoms with Crippen LogP contribution in [-0.2, 0) is 11.4 Å². The number of hydrogen-bond donors (Lipinski definition) is 1. The number of hydrogen-bond acceptors (Lipinski definition) is 5. The summed E-state index contributed by atoms with van der Waals surface area (Å²) in [5.74, 6) is 0.0548. The quantitative estimate of drug-likeness (QED) is 0.224. The van der Waals surface area contributed by atoms with Crippen LogP contribution in [0.5, 0.6) is 11.5 Å². The summed E-state index contributed by atoms with van der Waals surface area (Å²) in [4.78, 5) is 22.7. The molecule has 33 heavy (non-hydrogen) atoms. The molecule has 1 N–H and O–H groups in total. The predicted molar refractivity (Wildman–Crippen MR) is 127 cm³/mol. The molecule has 0 aromatic heterocycles. The van der Waals surface area contributed by atoms with E-state index in [1.807, 2.05) is 0 Å². The lowest BCUT2D eigenvalue weighted by Gasteiger charge is -2.14. The highest BCUT2D eigenvalue weighted by atomic mass is 79.9. The Morgan fingerprint density at radius 2 is 1.97 bits per heavy atom. The number of nitro benzene ring substituents is 1. The predicted octanol–water partition coefficient (Wildman–Crippen LogP) is 6.04. The van der Waals surface area contributed by atoms with Crippen molar-refractivity contribution in [2.75, 3.05) is 12.4 Å². The highest BCUT2D eigenvalue weighted by Crippen LogP contribution is 2.37. The highest BCUT2D eigenvalue weighted by Gasteiger charge is 2.13. The van der Waals surface area contributed by atoms with Crippen molar-refractivity contribution in [2.24, 2.45) is 0 Å². The number of nitrogens with one attached hydrogen (secondary N) is 1. The molecular weight excluding hydrogens is 495 g/mol. The number of non-ortho nitro benzene ring substituents is 1. The van der Waals surface area contributed by atoms with Gasteiger partial charge in [-0.05, 0) is 64.3 Å². The molecule has 3 aromatic rings. The Hall–Kier alpha value is -3.72. The lowest BCUT2D eigenvalue weighted by molar-refractivity contribution is -0.384. The average Bonchev–Trinajstić information content (AvgIpc) is 2.78. The Balaban J connectivity index is 1.72. The Morgan fingerprint density at radius 1 is 1.21 bits per heavy atom. The number of aryl methyl sites for hydroxylation is 1. The summed E-state index contributed by atoms with van der Waals surface area (Å²) in [6, 6.07) is 14.0. The first-order chi connectivity index (χ1) is 15.8. The van der Waals surface area contributed by atoms with E-state index in [1.54, 1.807) is 43.3 Å². The SMILES string of the molecule is COc1cc(/C=C/C(=O)Nc2ccc([N+](=O)[O-])cc2C)cc(Br)c1OCc1ccccc1F. The molecule has 9 heteroatoms. The molecule has 0 spiro atoms. The van der Waals surface area contributed by atoms with E-state index in [0.717, 1.165) is 0 Å². The fraction of sp³-hybridized carbons (Fsp3) is 0.125. The van der Waals surface area contributed by atoms with E-state index in [9.17, 15) is 19.3 Å². The minimum absolute atomic E-state index is 0.0216. The second-order valence-corrected chi connectivity index (χ2v) is 7.85. The average molecular weight is 515 g/mol. The number of rotatable bonds is 8. The topological polar surface area (TPSA) is 90.7 Å². The summed E-state index contributed by atoms with van der Waals surface area (Å²) < 4.78 is 25.6. The van der Waals surface area contributed by atoms with E-state index in [2.05, 4.69) is 21.2 Å². The van der Waals surface area contributed by atoms with Gasteiger partial charge in [0.15, 0.2) is 11.5 Å². The maximum Gasteiger partial charge on any atom is 0.269 e. The lowest BCUT2D eigenvalue weighted by Crippen LogP contribution is -2.09. The second kappa shape index (κ2) is 10.7. The minimum atomic E-state index is -0.493. The number of carbonyl (C=O) groups is 1. The van der Waals surface area contributed by atoms with E-state index in [4.69, 9.17) is 9.47 Å². The van der Waals surface area contributed by atoms with Crippen LogP contribution in [-0.4, -0.2) is 17.9 Å². The summed E-state index contributed by atoms with van der Waals surface area (Å²) in [6.07, 6.45) is 2.92. The molecule has 3 rings (SSSR count). The van der Waals surface area contributed by atoms with Crippen molar-refractivity contribution in [3.8, 4) is 11.5 Å². The van der Waals surface area contributed by atoms with Gasteiger partial charge in [-0.3, -0.25) is 14.9 Å². The van der Waals surface area contributed by atoms with E-state index in [0.29, 0.717) is 38.3 Å². The van der Waals surface area contributed by atoms with Gasteiger partial charge in [-0.1, -0.05) is 18.2 Å². The zero-order valence-corrected chi connectivity index (χ0v) is 19.4. The zero-order chi connectivity index (χ0) is 24.0. The molecule has 0 radical (unpaired) electrons. The molecule has 0 atom stereocenters. The van der Waals surface area contributed by atoms with Crippen LogP contribution < -0.4 is 14.8 Å². The van der Waals surface area contributed by atoms with Crippen LogP contribution in [0.25, 0.3) is 6.08 Å². The molecule has 0 aliphatic rings. The Kier molecular flexibility index (Phi) is 7.78. The first-order valence-corrected chi connectivity index (χ1v) is 10.6. The lowest BCUT2D eigenvalue weighted by atomic mass is 10.1. The number of benzene rings is 3. The van der Waals surface area contributed by atoms with Crippen molar-refractivity contribution >= 4 is 39.3 Å². The fourth-order valence-corrected chi connectivity index (χ4v) is 3.56. The Bertz CT molecular complexity index is 1230. The normalized spacial score (nSPS) is 10.8. The molecule has 1 amide bonds. The summed E-state index contributed by atoms with van der Waals surface area (Å²) >= 11 is 3.43. The first-order valence-electron chi connectivity index (χ1n) is 9.76. The van der Waals surface area contributed by atoms with Crippen molar-refractivity contribution in [2.45, 2.75) is 13.5 Å². The van der Waals surface area contributed by atoms with Gasteiger partial charge < -0.3 is 14.8 Å². The standard InChI is InChI=1S/C24H20BrFN2O5/c1-15-11-18(28(30)31)8-9-21(15)27-23(29)10-7-16-12-19(25)24(22(13-16)32-2)33-14-17-5-3-4-6-20(17)26/h3-13H,14H2,1-2H3,(H,27,29)/b10-7+. The molecule has 0 unspecified atom stereocenters. The third-order valence-corrected chi connectivity index (χ3v) is 5.28. The van der Waals surface area contributed by atoms with Gasteiger partial charge in [0.25, 0.3) is 5.69 Å². The Labute approximate surface area is 198 Å². The first kappa shape index (κ1) is 23.9. The number of ether oxygens (including phenoxy) is 2. The number of amides is 1. The van der Waals surface area contributed by atoms with E-state index < -0.39 is 10.8 Å². The monoisotopic (exact) mass is 514 g/mol. The molecule has 0 heterocycles. The number of halogens is 2. The summed E-state index contributed by atoms with van der Waals surface area (Å²) in [5.41, 5.74) is 2.08. The van der Waals surface area contributed by atoms with Crippen LogP contribution in [0.4, 0.5) is 15.8 Å². The van der Waals surface area contributed by atoms with Crippen LogP contribution in [0.15, 0.2) is 65.1 Å².